The van der Waals surface area contributed by atoms with Crippen LogP contribution in [0.25, 0.3) is 0 Å². The molecule has 1 aliphatic rings. The predicted molar refractivity (Wildman–Crippen MR) is 25.7 cm³/mol. The van der Waals surface area contributed by atoms with Crippen LogP contribution in [0.3, 0.4) is 0 Å². The number of rotatable bonds is 0. The number of nitrogens with zero attached hydrogens (tertiary/aromatic N) is 1. The van der Waals surface area contributed by atoms with Crippen LogP contribution in [0.2, 0.25) is 0 Å². The van der Waals surface area contributed by atoms with E-state index in [1.54, 1.807) is 6.20 Å². The summed E-state index contributed by atoms with van der Waals surface area (Å²) in [5, 5.41) is 1.21. The van der Waals surface area contributed by atoms with Crippen molar-refractivity contribution in [3.05, 3.63) is 12.3 Å². The minimum atomic E-state index is 0.701. The van der Waals surface area contributed by atoms with E-state index in [0.29, 0.717) is 6.61 Å². The van der Waals surface area contributed by atoms with Crippen LogP contribution in [0.4, 0.5) is 0 Å². The fraction of sp³-hybridized carbons (Fsp3) is 0.500. The van der Waals surface area contributed by atoms with Crippen molar-refractivity contribution in [3.63, 3.8) is 0 Å². The summed E-state index contributed by atoms with van der Waals surface area (Å²) in [6.07, 6.45) is 4.63. The highest BCUT2D eigenvalue weighted by atomic mass is 16.7. The molecule has 0 unspecified atom stereocenters. The molecule has 2 N–H and O–H groups in total. The molecule has 1 aliphatic heterocycles. The number of hydrogen-bond donors (Lipinski definition) is 1. The Labute approximate surface area is 42.3 Å². The number of hydrazine groups is 1. The zero-order valence-electron chi connectivity index (χ0n) is 4.00. The minimum absolute atomic E-state index is 0.701. The molecule has 0 aromatic rings. The summed E-state index contributed by atoms with van der Waals surface area (Å²) in [5.41, 5.74) is 0. The van der Waals surface area contributed by atoms with Crippen LogP contribution in [0.5, 0.6) is 0 Å². The predicted octanol–water partition coefficient (Wildman–Crippen LogP) is 0.0111. The second kappa shape index (κ2) is 1.95. The molecule has 0 aromatic carbocycles. The molecular formula is C4H8N2O. The lowest BCUT2D eigenvalue weighted by atomic mass is 10.4. The maximum atomic E-state index is 5.16. The van der Waals surface area contributed by atoms with E-state index in [1.165, 1.54) is 5.17 Å². The normalized spacial score (nSPS) is 20.4. The number of nitrogens with two attached hydrogens (primary N) is 1. The fourth-order valence-corrected chi connectivity index (χ4v) is 0.448. The smallest absolute Gasteiger partial charge is 0.0800 e. The van der Waals surface area contributed by atoms with E-state index in [-0.39, 0.29) is 0 Å². The molecule has 0 aromatic heterocycles. The summed E-state index contributed by atoms with van der Waals surface area (Å²) in [7, 11) is 0. The molecule has 0 bridgehead atoms. The third-order valence-corrected chi connectivity index (χ3v) is 0.777. The van der Waals surface area contributed by atoms with E-state index in [4.69, 9.17) is 10.7 Å². The Bertz CT molecular complexity index is 81.8. The third kappa shape index (κ3) is 1.17. The maximum absolute atomic E-state index is 5.16. The molecule has 3 heteroatoms. The zero-order valence-corrected chi connectivity index (χ0v) is 4.00. The minimum Gasteiger partial charge on any atom is -0.258 e. The van der Waals surface area contributed by atoms with Crippen molar-refractivity contribution in [1.29, 1.82) is 0 Å². The molecule has 1 heterocycles. The van der Waals surface area contributed by atoms with Crippen LogP contribution < -0.4 is 5.84 Å². The first kappa shape index (κ1) is 4.61. The van der Waals surface area contributed by atoms with E-state index in [1.807, 2.05) is 6.08 Å². The van der Waals surface area contributed by atoms with Gasteiger partial charge in [-0.05, 0) is 6.42 Å². The number of hydrogen-bond acceptors (Lipinski definition) is 3. The molecule has 0 aliphatic carbocycles. The van der Waals surface area contributed by atoms with Gasteiger partial charge in [-0.3, -0.25) is 4.84 Å². The van der Waals surface area contributed by atoms with E-state index >= 15 is 0 Å². The molecule has 0 spiro atoms. The Morgan fingerprint density at radius 3 is 2.86 bits per heavy atom. The van der Waals surface area contributed by atoms with Gasteiger partial charge in [0, 0.05) is 6.20 Å². The van der Waals surface area contributed by atoms with E-state index < -0.39 is 0 Å². The van der Waals surface area contributed by atoms with Gasteiger partial charge in [-0.15, -0.1) is 0 Å². The van der Waals surface area contributed by atoms with Gasteiger partial charge in [-0.25, -0.2) is 5.84 Å². The van der Waals surface area contributed by atoms with Crippen molar-refractivity contribution in [2.24, 2.45) is 5.84 Å². The summed E-state index contributed by atoms with van der Waals surface area (Å²) in [6, 6.07) is 0. The Morgan fingerprint density at radius 2 is 2.57 bits per heavy atom. The van der Waals surface area contributed by atoms with Crippen LogP contribution in [0.15, 0.2) is 12.3 Å². The van der Waals surface area contributed by atoms with Gasteiger partial charge >= 0.3 is 0 Å². The van der Waals surface area contributed by atoms with Gasteiger partial charge in [-0.1, -0.05) is 6.08 Å². The lowest BCUT2D eigenvalue weighted by Gasteiger charge is -2.15. The molecule has 3 nitrogen and oxygen atoms in total. The summed E-state index contributed by atoms with van der Waals surface area (Å²) >= 11 is 0. The molecule has 7 heavy (non-hydrogen) atoms. The first-order chi connectivity index (χ1) is 3.39. The molecule has 0 atom stereocenters. The van der Waals surface area contributed by atoms with Crippen molar-refractivity contribution >= 4 is 0 Å². The molecule has 0 fully saturated rings. The average Bonchev–Trinajstić information content (AvgIpc) is 1.69. The monoisotopic (exact) mass is 100 g/mol. The highest BCUT2D eigenvalue weighted by Gasteiger charge is 1.94. The van der Waals surface area contributed by atoms with Gasteiger partial charge in [0.25, 0.3) is 0 Å². The van der Waals surface area contributed by atoms with E-state index in [2.05, 4.69) is 0 Å². The lowest BCUT2D eigenvalue weighted by molar-refractivity contribution is -0.128. The van der Waals surface area contributed by atoms with Crippen LogP contribution in [-0.4, -0.2) is 11.8 Å². The second-order valence-electron chi connectivity index (χ2n) is 1.37. The zero-order chi connectivity index (χ0) is 5.11. The average molecular weight is 100 g/mol. The van der Waals surface area contributed by atoms with Gasteiger partial charge in [0.2, 0.25) is 0 Å². The molecule has 40 valence electrons. The topological polar surface area (TPSA) is 38.5 Å². The van der Waals surface area contributed by atoms with Crippen molar-refractivity contribution in [3.8, 4) is 0 Å². The second-order valence-corrected chi connectivity index (χ2v) is 1.37. The van der Waals surface area contributed by atoms with Gasteiger partial charge in [-0.2, -0.15) is 5.17 Å². The Hall–Kier alpha value is -0.540. The van der Waals surface area contributed by atoms with Crippen molar-refractivity contribution in [2.75, 3.05) is 6.61 Å². The Balaban J connectivity index is 2.36. The lowest BCUT2D eigenvalue weighted by Crippen LogP contribution is -2.27. The van der Waals surface area contributed by atoms with Crippen LogP contribution >= 0.6 is 0 Å². The quantitative estimate of drug-likeness (QED) is 0.436. The van der Waals surface area contributed by atoms with Crippen LogP contribution in [0, 0.1) is 0 Å². The fourth-order valence-electron chi connectivity index (χ4n) is 0.448. The molecule has 0 radical (unpaired) electrons. The first-order valence-corrected chi connectivity index (χ1v) is 2.23. The van der Waals surface area contributed by atoms with Crippen molar-refractivity contribution in [1.82, 2.24) is 5.17 Å². The maximum Gasteiger partial charge on any atom is 0.0800 e. The summed E-state index contributed by atoms with van der Waals surface area (Å²) in [5.74, 6) is 5.16. The summed E-state index contributed by atoms with van der Waals surface area (Å²) < 4.78 is 0. The van der Waals surface area contributed by atoms with Crippen molar-refractivity contribution < 1.29 is 4.84 Å². The van der Waals surface area contributed by atoms with Gasteiger partial charge in [0.05, 0.1) is 6.61 Å². The summed E-state index contributed by atoms with van der Waals surface area (Å²) in [4.78, 5) is 4.80. The molecule has 0 amide bonds. The largest absolute Gasteiger partial charge is 0.258 e. The SMILES string of the molecule is NN1C=CCCO1. The molecular weight excluding hydrogens is 92.1 g/mol. The van der Waals surface area contributed by atoms with Gasteiger partial charge in [0.1, 0.15) is 0 Å². The standard InChI is InChI=1S/C4H8N2O/c5-6-3-1-2-4-7-6/h1,3H,2,4-5H2. The van der Waals surface area contributed by atoms with Gasteiger partial charge in [0.15, 0.2) is 0 Å². The van der Waals surface area contributed by atoms with E-state index in [9.17, 15) is 0 Å². The molecule has 0 saturated carbocycles. The Kier molecular flexibility index (Phi) is 1.29. The van der Waals surface area contributed by atoms with Crippen LogP contribution in [-0.2, 0) is 4.84 Å². The highest BCUT2D eigenvalue weighted by Crippen LogP contribution is 1.94. The number of hydroxylamine groups is 1. The molecule has 0 saturated heterocycles. The Morgan fingerprint density at radius 1 is 1.71 bits per heavy atom. The van der Waals surface area contributed by atoms with Crippen molar-refractivity contribution in [2.45, 2.75) is 6.42 Å². The highest BCUT2D eigenvalue weighted by molar-refractivity contribution is 4.79. The van der Waals surface area contributed by atoms with Crippen LogP contribution in [0.1, 0.15) is 6.42 Å². The third-order valence-electron chi connectivity index (χ3n) is 0.777. The summed E-state index contributed by atoms with van der Waals surface area (Å²) in [6.45, 7) is 0.701. The first-order valence-electron chi connectivity index (χ1n) is 2.23. The van der Waals surface area contributed by atoms with Gasteiger partial charge < -0.3 is 0 Å². The molecule has 1 rings (SSSR count). The van der Waals surface area contributed by atoms with E-state index in [0.717, 1.165) is 6.42 Å².